The molecule has 0 spiro atoms. The number of anilines is 2. The van der Waals surface area contributed by atoms with Gasteiger partial charge in [-0.05, 0) is 31.9 Å². The molecule has 0 aliphatic carbocycles. The van der Waals surface area contributed by atoms with Crippen LogP contribution in [0.2, 0.25) is 0 Å². The molecule has 1 aliphatic rings. The van der Waals surface area contributed by atoms with Gasteiger partial charge in [-0.3, -0.25) is 4.79 Å². The second-order valence-corrected chi connectivity index (χ2v) is 8.61. The van der Waals surface area contributed by atoms with Gasteiger partial charge in [-0.25, -0.2) is 18.4 Å². The average Bonchev–Trinajstić information content (AvgIpc) is 2.97. The predicted octanol–water partition coefficient (Wildman–Crippen LogP) is 2.18. The lowest BCUT2D eigenvalue weighted by atomic mass is 10.2. The highest BCUT2D eigenvalue weighted by Crippen LogP contribution is 2.21. The first-order valence-electron chi connectivity index (χ1n) is 8.55. The second kappa shape index (κ2) is 7.41. The molecule has 1 fully saturated rings. The molecule has 1 aromatic carbocycles. The number of carbonyl (C=O) groups is 1. The Labute approximate surface area is 153 Å². The summed E-state index contributed by atoms with van der Waals surface area (Å²) in [6, 6.07) is 9.09. The number of nitrogens with one attached hydrogen (secondary N) is 1. The van der Waals surface area contributed by atoms with Gasteiger partial charge in [0.2, 0.25) is 0 Å². The van der Waals surface area contributed by atoms with Crippen molar-refractivity contribution < 1.29 is 13.2 Å². The molecule has 7 nitrogen and oxygen atoms in total. The van der Waals surface area contributed by atoms with Crippen LogP contribution in [0.3, 0.4) is 0 Å². The summed E-state index contributed by atoms with van der Waals surface area (Å²) in [7, 11) is -3.06. The zero-order chi connectivity index (χ0) is 18.7. The summed E-state index contributed by atoms with van der Waals surface area (Å²) in [5.74, 6) is 0.398. The van der Waals surface area contributed by atoms with Crippen LogP contribution in [0.1, 0.15) is 29.4 Å². The zero-order valence-electron chi connectivity index (χ0n) is 14.8. The van der Waals surface area contributed by atoms with Gasteiger partial charge in [-0.1, -0.05) is 18.2 Å². The van der Waals surface area contributed by atoms with Crippen LogP contribution >= 0.6 is 0 Å². The van der Waals surface area contributed by atoms with E-state index < -0.39 is 9.84 Å². The molecule has 1 atom stereocenters. The summed E-state index contributed by atoms with van der Waals surface area (Å²) < 4.78 is 23.5. The second-order valence-electron chi connectivity index (χ2n) is 6.38. The molecular weight excluding hydrogens is 352 g/mol. The van der Waals surface area contributed by atoms with Crippen LogP contribution in [0.4, 0.5) is 11.5 Å². The van der Waals surface area contributed by atoms with Crippen molar-refractivity contribution in [2.45, 2.75) is 26.3 Å². The Morgan fingerprint density at radius 3 is 2.73 bits per heavy atom. The first-order valence-corrected chi connectivity index (χ1v) is 10.4. The van der Waals surface area contributed by atoms with Crippen LogP contribution in [-0.4, -0.2) is 53.3 Å². The maximum Gasteiger partial charge on any atom is 0.272 e. The van der Waals surface area contributed by atoms with Gasteiger partial charge in [0.25, 0.3) is 5.91 Å². The van der Waals surface area contributed by atoms with Gasteiger partial charge in [0.05, 0.1) is 11.5 Å². The maximum atomic E-state index is 12.9. The van der Waals surface area contributed by atoms with E-state index in [9.17, 15) is 13.2 Å². The summed E-state index contributed by atoms with van der Waals surface area (Å²) >= 11 is 0. The zero-order valence-corrected chi connectivity index (χ0v) is 15.7. The molecule has 2 aromatic rings. The van der Waals surface area contributed by atoms with E-state index in [4.69, 9.17) is 0 Å². The lowest BCUT2D eigenvalue weighted by molar-refractivity contribution is 0.0702. The normalized spacial score (nSPS) is 18.5. The maximum absolute atomic E-state index is 12.9. The molecule has 0 saturated carbocycles. The van der Waals surface area contributed by atoms with E-state index in [1.165, 1.54) is 6.33 Å². The van der Waals surface area contributed by atoms with Gasteiger partial charge < -0.3 is 10.2 Å². The molecule has 1 aliphatic heterocycles. The number of hydrogen-bond acceptors (Lipinski definition) is 6. The Kier molecular flexibility index (Phi) is 5.22. The Balaban J connectivity index is 1.80. The number of nitrogens with zero attached hydrogens (tertiary/aromatic N) is 3. The number of rotatable bonds is 5. The highest BCUT2D eigenvalue weighted by Gasteiger charge is 2.34. The van der Waals surface area contributed by atoms with Crippen LogP contribution in [0.15, 0.2) is 36.7 Å². The van der Waals surface area contributed by atoms with E-state index >= 15 is 0 Å². The lowest BCUT2D eigenvalue weighted by Crippen LogP contribution is -2.41. The van der Waals surface area contributed by atoms with Crippen LogP contribution in [-0.2, 0) is 9.84 Å². The van der Waals surface area contributed by atoms with Gasteiger partial charge in [0, 0.05) is 24.3 Å². The minimum atomic E-state index is -3.06. The quantitative estimate of drug-likeness (QED) is 0.862. The smallest absolute Gasteiger partial charge is 0.272 e. The third kappa shape index (κ3) is 4.01. The molecule has 0 radical (unpaired) electrons. The molecule has 2 heterocycles. The monoisotopic (exact) mass is 374 g/mol. The van der Waals surface area contributed by atoms with Crippen molar-refractivity contribution in [3.63, 3.8) is 0 Å². The number of sulfone groups is 1. The topological polar surface area (TPSA) is 92.3 Å². The Hall–Kier alpha value is -2.48. The largest absolute Gasteiger partial charge is 0.340 e. The van der Waals surface area contributed by atoms with Crippen molar-refractivity contribution in [3.05, 3.63) is 47.9 Å². The van der Waals surface area contributed by atoms with Crippen molar-refractivity contribution in [1.82, 2.24) is 14.9 Å². The number of amides is 1. The van der Waals surface area contributed by atoms with Gasteiger partial charge in [0.1, 0.15) is 17.8 Å². The number of carbonyl (C=O) groups excluding carboxylic acids is 1. The van der Waals surface area contributed by atoms with Crippen LogP contribution in [0.25, 0.3) is 0 Å². The predicted molar refractivity (Wildman–Crippen MR) is 100 cm³/mol. The third-order valence-electron chi connectivity index (χ3n) is 4.54. The Morgan fingerprint density at radius 2 is 2.08 bits per heavy atom. The molecule has 1 aromatic heterocycles. The van der Waals surface area contributed by atoms with Crippen molar-refractivity contribution >= 4 is 27.2 Å². The van der Waals surface area contributed by atoms with Crippen LogP contribution in [0.5, 0.6) is 0 Å². The summed E-state index contributed by atoms with van der Waals surface area (Å²) in [6.45, 7) is 4.26. The van der Waals surface area contributed by atoms with Gasteiger partial charge >= 0.3 is 0 Å². The van der Waals surface area contributed by atoms with Gasteiger partial charge in [0.15, 0.2) is 9.84 Å². The molecule has 26 heavy (non-hydrogen) atoms. The first-order chi connectivity index (χ1) is 12.4. The Morgan fingerprint density at radius 1 is 1.31 bits per heavy atom. The van der Waals surface area contributed by atoms with Crippen molar-refractivity contribution in [2.75, 3.05) is 23.4 Å². The molecule has 138 valence electrons. The fourth-order valence-corrected chi connectivity index (χ4v) is 4.86. The molecule has 1 amide bonds. The van der Waals surface area contributed by atoms with Crippen LogP contribution in [0, 0.1) is 6.92 Å². The number of benzene rings is 1. The minimum absolute atomic E-state index is 0.0198. The van der Waals surface area contributed by atoms with Crippen molar-refractivity contribution in [1.29, 1.82) is 0 Å². The summed E-state index contributed by atoms with van der Waals surface area (Å²) in [5.41, 5.74) is 2.21. The molecule has 8 heteroatoms. The van der Waals surface area contributed by atoms with Gasteiger partial charge in [-0.2, -0.15) is 0 Å². The highest BCUT2D eigenvalue weighted by atomic mass is 32.2. The number of para-hydroxylation sites is 1. The van der Waals surface area contributed by atoms with Crippen molar-refractivity contribution in [2.24, 2.45) is 0 Å². The van der Waals surface area contributed by atoms with Gasteiger partial charge in [-0.15, -0.1) is 0 Å². The number of hydrogen-bond donors (Lipinski definition) is 1. The minimum Gasteiger partial charge on any atom is -0.340 e. The van der Waals surface area contributed by atoms with E-state index in [1.54, 1.807) is 11.0 Å². The first kappa shape index (κ1) is 18.3. The lowest BCUT2D eigenvalue weighted by Gasteiger charge is -2.26. The fraction of sp³-hybridized carbons (Fsp3) is 0.389. The number of aromatic nitrogens is 2. The molecule has 0 bridgehead atoms. The summed E-state index contributed by atoms with van der Waals surface area (Å²) in [5, 5.41) is 3.19. The summed E-state index contributed by atoms with van der Waals surface area (Å²) in [4.78, 5) is 22.7. The van der Waals surface area contributed by atoms with E-state index in [-0.39, 0.29) is 29.1 Å². The molecule has 1 N–H and O–H groups in total. The summed E-state index contributed by atoms with van der Waals surface area (Å²) in [6.07, 6.45) is 1.81. The number of aryl methyl sites for hydroxylation is 1. The van der Waals surface area contributed by atoms with Crippen molar-refractivity contribution in [3.8, 4) is 0 Å². The molecular formula is C18H22N4O3S. The highest BCUT2D eigenvalue weighted by molar-refractivity contribution is 7.91. The van der Waals surface area contributed by atoms with E-state index in [0.29, 0.717) is 18.8 Å². The molecule has 3 rings (SSSR count). The SMILES string of the molecule is CCN(C(=O)c1cc(Nc2ccccc2C)ncn1)C1CCS(=O)(=O)C1. The van der Waals surface area contributed by atoms with E-state index in [0.717, 1.165) is 11.3 Å². The fourth-order valence-electron chi connectivity index (χ4n) is 3.13. The Bertz CT molecular complexity index is 914. The van der Waals surface area contributed by atoms with E-state index in [1.807, 2.05) is 38.1 Å². The molecule has 1 saturated heterocycles. The molecule has 1 unspecified atom stereocenters. The van der Waals surface area contributed by atoms with E-state index in [2.05, 4.69) is 15.3 Å². The average molecular weight is 374 g/mol. The van der Waals surface area contributed by atoms with Crippen LogP contribution < -0.4 is 5.32 Å². The third-order valence-corrected chi connectivity index (χ3v) is 6.30. The standard InChI is InChI=1S/C18H22N4O3S/c1-3-22(14-8-9-26(24,25)11-14)18(23)16-10-17(20-12-19-16)21-15-7-5-4-6-13(15)2/h4-7,10,12,14H,3,8-9,11H2,1-2H3,(H,19,20,21).